The van der Waals surface area contributed by atoms with Crippen LogP contribution in [0.4, 0.5) is 11.6 Å². The minimum atomic E-state index is -0.534. The second kappa shape index (κ2) is 10.9. The zero-order valence-corrected chi connectivity index (χ0v) is 19.6. The first-order valence-electron chi connectivity index (χ1n) is 11.8. The van der Waals surface area contributed by atoms with E-state index >= 15 is 0 Å². The van der Waals surface area contributed by atoms with Gasteiger partial charge in [0.05, 0.1) is 36.0 Å². The highest BCUT2D eigenvalue weighted by atomic mass is 15.3. The normalized spacial score (nSPS) is 15.4. The third-order valence-electron chi connectivity index (χ3n) is 6.45. The smallest absolute Gasteiger partial charge is 0.227 e. The van der Waals surface area contributed by atoms with Crippen molar-refractivity contribution in [3.63, 3.8) is 0 Å². The van der Waals surface area contributed by atoms with Gasteiger partial charge in [0.25, 0.3) is 0 Å². The first-order valence-corrected chi connectivity index (χ1v) is 11.8. The Labute approximate surface area is 200 Å². The maximum Gasteiger partial charge on any atom is 0.227 e. The molecule has 34 heavy (non-hydrogen) atoms. The molecule has 0 radical (unpaired) electrons. The lowest BCUT2D eigenvalue weighted by molar-refractivity contribution is 0.273. The molecule has 1 unspecified atom stereocenters. The van der Waals surface area contributed by atoms with Crippen molar-refractivity contribution in [2.45, 2.75) is 51.0 Å². The van der Waals surface area contributed by atoms with Crippen molar-refractivity contribution in [1.82, 2.24) is 24.6 Å². The summed E-state index contributed by atoms with van der Waals surface area (Å²) in [5, 5.41) is 26.0. The number of anilines is 2. The molecule has 0 amide bonds. The van der Waals surface area contributed by atoms with Crippen LogP contribution < -0.4 is 5.32 Å². The van der Waals surface area contributed by atoms with Crippen LogP contribution in [-0.2, 0) is 12.0 Å². The summed E-state index contributed by atoms with van der Waals surface area (Å²) < 4.78 is 1.78. The summed E-state index contributed by atoms with van der Waals surface area (Å²) >= 11 is 0. The van der Waals surface area contributed by atoms with Crippen molar-refractivity contribution in [2.24, 2.45) is 0 Å². The molecule has 0 spiro atoms. The van der Waals surface area contributed by atoms with Gasteiger partial charge in [-0.1, -0.05) is 12.1 Å². The average molecular weight is 455 g/mol. The average Bonchev–Trinajstić information content (AvgIpc) is 3.56. The Balaban J connectivity index is 1.42. The molecule has 1 aliphatic heterocycles. The molecule has 3 heterocycles. The first-order chi connectivity index (χ1) is 16.6. The number of likely N-dealkylation sites (tertiary alicyclic amines) is 1. The predicted octanol–water partition coefficient (Wildman–Crippen LogP) is 4.65. The van der Waals surface area contributed by atoms with Crippen LogP contribution in [0.2, 0.25) is 0 Å². The Morgan fingerprint density at radius 2 is 1.88 bits per heavy atom. The number of benzene rings is 1. The molecule has 4 rings (SSSR count). The number of hydrogen-bond donors (Lipinski definition) is 1. The van der Waals surface area contributed by atoms with E-state index in [-0.39, 0.29) is 6.42 Å². The van der Waals surface area contributed by atoms with Crippen LogP contribution in [0.5, 0.6) is 0 Å². The minimum absolute atomic E-state index is 0.278. The fourth-order valence-corrected chi connectivity index (χ4v) is 4.29. The van der Waals surface area contributed by atoms with Gasteiger partial charge < -0.3 is 10.2 Å². The Morgan fingerprint density at radius 3 is 2.62 bits per heavy atom. The zero-order valence-electron chi connectivity index (χ0n) is 19.6. The summed E-state index contributed by atoms with van der Waals surface area (Å²) in [6, 6.07) is 14.7. The molecular weight excluding hydrogens is 424 g/mol. The Kier molecular flexibility index (Phi) is 7.51. The lowest BCUT2D eigenvalue weighted by Gasteiger charge is -2.26. The molecule has 1 N–H and O–H groups in total. The van der Waals surface area contributed by atoms with Gasteiger partial charge >= 0.3 is 0 Å². The van der Waals surface area contributed by atoms with Crippen LogP contribution in [0.3, 0.4) is 0 Å². The van der Waals surface area contributed by atoms with Gasteiger partial charge in [0.1, 0.15) is 0 Å². The third-order valence-corrected chi connectivity index (χ3v) is 6.45. The molecular formula is C26H30N8. The fourth-order valence-electron chi connectivity index (χ4n) is 4.29. The quantitative estimate of drug-likeness (QED) is 0.475. The van der Waals surface area contributed by atoms with E-state index in [1.54, 1.807) is 17.1 Å². The molecule has 0 aliphatic carbocycles. The molecule has 1 saturated heterocycles. The maximum atomic E-state index is 9.25. The van der Waals surface area contributed by atoms with E-state index in [1.807, 2.05) is 19.2 Å². The lowest BCUT2D eigenvalue weighted by atomic mass is 9.93. The third kappa shape index (κ3) is 5.78. The summed E-state index contributed by atoms with van der Waals surface area (Å²) in [7, 11) is 0. The molecule has 1 aromatic carbocycles. The van der Waals surface area contributed by atoms with Gasteiger partial charge in [-0.2, -0.15) is 15.6 Å². The molecule has 8 nitrogen and oxygen atoms in total. The number of nitrogens with one attached hydrogen (secondary N) is 1. The van der Waals surface area contributed by atoms with E-state index in [1.165, 1.54) is 31.5 Å². The second-order valence-corrected chi connectivity index (χ2v) is 9.05. The molecule has 2 aromatic heterocycles. The van der Waals surface area contributed by atoms with Gasteiger partial charge in [0.2, 0.25) is 5.95 Å². The van der Waals surface area contributed by atoms with Gasteiger partial charge in [0.15, 0.2) is 0 Å². The first kappa shape index (κ1) is 23.4. The minimum Gasteiger partial charge on any atom is -0.324 e. The molecule has 1 fully saturated rings. The highest BCUT2D eigenvalue weighted by Crippen LogP contribution is 2.28. The van der Waals surface area contributed by atoms with Crippen LogP contribution in [0, 0.1) is 22.7 Å². The number of hydrogen-bond acceptors (Lipinski definition) is 7. The van der Waals surface area contributed by atoms with Crippen LogP contribution in [0.1, 0.15) is 44.6 Å². The summed E-state index contributed by atoms with van der Waals surface area (Å²) in [5.41, 5.74) is 3.31. The largest absolute Gasteiger partial charge is 0.324 e. The molecule has 0 saturated carbocycles. The highest BCUT2D eigenvalue weighted by molar-refractivity contribution is 5.60. The topological polar surface area (TPSA) is 106 Å². The van der Waals surface area contributed by atoms with E-state index in [2.05, 4.69) is 61.7 Å². The van der Waals surface area contributed by atoms with E-state index in [9.17, 15) is 5.26 Å². The van der Waals surface area contributed by atoms with Gasteiger partial charge in [0, 0.05) is 36.6 Å². The molecule has 174 valence electrons. The Bertz CT molecular complexity index is 1160. The second-order valence-electron chi connectivity index (χ2n) is 9.05. The summed E-state index contributed by atoms with van der Waals surface area (Å²) in [5.74, 6) is 0.513. The predicted molar refractivity (Wildman–Crippen MR) is 131 cm³/mol. The highest BCUT2D eigenvalue weighted by Gasteiger charge is 2.27. The Hall–Kier alpha value is -3.75. The summed E-state index contributed by atoms with van der Waals surface area (Å²) in [6.07, 6.45) is 10.3. The van der Waals surface area contributed by atoms with Gasteiger partial charge in [-0.05, 0) is 69.5 Å². The number of nitrogens with zero attached hydrogens (tertiary/aromatic N) is 7. The van der Waals surface area contributed by atoms with Crippen molar-refractivity contribution in [1.29, 1.82) is 10.5 Å². The summed E-state index contributed by atoms with van der Waals surface area (Å²) in [4.78, 5) is 11.5. The maximum absolute atomic E-state index is 9.25. The van der Waals surface area contributed by atoms with Crippen LogP contribution in [0.25, 0.3) is 11.3 Å². The number of aromatic nitrogens is 4. The zero-order chi connectivity index (χ0) is 23.8. The van der Waals surface area contributed by atoms with Gasteiger partial charge in [-0.25, -0.2) is 9.97 Å². The van der Waals surface area contributed by atoms with Crippen molar-refractivity contribution in [3.8, 4) is 23.4 Å². The molecule has 8 heteroatoms. The standard InChI is InChI=1S/C26H30N8/c1-26(12-14-28,11-4-13-27)34-20-22(19-30-34)24-9-15-29-25(32-24)31-23-7-5-21(6-8-23)10-18-33-16-2-3-17-33/h5-9,15,19-20H,2-4,10-12,16-18H2,1H3,(H,29,31,32). The van der Waals surface area contributed by atoms with E-state index in [0.29, 0.717) is 18.8 Å². The monoisotopic (exact) mass is 454 g/mol. The van der Waals surface area contributed by atoms with E-state index in [4.69, 9.17) is 5.26 Å². The molecule has 1 atom stereocenters. The lowest BCUT2D eigenvalue weighted by Crippen LogP contribution is -2.30. The number of nitriles is 2. The fraction of sp³-hybridized carbons (Fsp3) is 0.423. The van der Waals surface area contributed by atoms with Crippen molar-refractivity contribution in [2.75, 3.05) is 25.0 Å². The van der Waals surface area contributed by atoms with Crippen molar-refractivity contribution < 1.29 is 0 Å². The van der Waals surface area contributed by atoms with E-state index in [0.717, 1.165) is 29.9 Å². The number of rotatable bonds is 10. The van der Waals surface area contributed by atoms with E-state index < -0.39 is 5.54 Å². The molecule has 1 aliphatic rings. The molecule has 0 bridgehead atoms. The van der Waals surface area contributed by atoms with Gasteiger partial charge in [-0.15, -0.1) is 0 Å². The van der Waals surface area contributed by atoms with Crippen LogP contribution in [0.15, 0.2) is 48.9 Å². The van der Waals surface area contributed by atoms with Crippen molar-refractivity contribution in [3.05, 3.63) is 54.5 Å². The van der Waals surface area contributed by atoms with Crippen LogP contribution >= 0.6 is 0 Å². The van der Waals surface area contributed by atoms with Crippen LogP contribution in [-0.4, -0.2) is 44.3 Å². The van der Waals surface area contributed by atoms with Crippen molar-refractivity contribution >= 4 is 11.6 Å². The molecule has 3 aromatic rings. The van der Waals surface area contributed by atoms with Gasteiger partial charge in [-0.3, -0.25) is 4.68 Å². The Morgan fingerprint density at radius 1 is 1.09 bits per heavy atom. The summed E-state index contributed by atoms with van der Waals surface area (Å²) in [6.45, 7) is 5.52. The SMILES string of the molecule is CC(CC#N)(CCC#N)n1cc(-c2ccnc(Nc3ccc(CCN4CCCC4)cc3)n2)cn1.